The van der Waals surface area contributed by atoms with E-state index in [-0.39, 0.29) is 5.91 Å². The van der Waals surface area contributed by atoms with Gasteiger partial charge < -0.3 is 14.7 Å². The highest BCUT2D eigenvalue weighted by molar-refractivity contribution is 6.05. The molecule has 0 fully saturated rings. The number of aromatic amines is 1. The SMILES string of the molecule is O=C(Nc1ccc2nccn2c1)c1ccc2nc[nH]c2c1. The van der Waals surface area contributed by atoms with E-state index in [9.17, 15) is 4.79 Å². The van der Waals surface area contributed by atoms with Crippen molar-refractivity contribution in [3.05, 3.63) is 60.8 Å². The lowest BCUT2D eigenvalue weighted by atomic mass is 10.2. The molecule has 0 radical (unpaired) electrons. The molecule has 0 aliphatic heterocycles. The zero-order valence-corrected chi connectivity index (χ0v) is 10.9. The van der Waals surface area contributed by atoms with E-state index < -0.39 is 0 Å². The Labute approximate surface area is 119 Å². The first kappa shape index (κ1) is 11.7. The normalized spacial score (nSPS) is 11.0. The van der Waals surface area contributed by atoms with Gasteiger partial charge in [-0.3, -0.25) is 4.79 Å². The number of fused-ring (bicyclic) bond motifs is 2. The molecule has 1 amide bonds. The second-order valence-electron chi connectivity index (χ2n) is 4.70. The van der Waals surface area contributed by atoms with Crippen LogP contribution in [0.4, 0.5) is 5.69 Å². The van der Waals surface area contributed by atoms with E-state index in [1.807, 2.05) is 35.0 Å². The van der Waals surface area contributed by atoms with Crippen LogP contribution in [-0.2, 0) is 0 Å². The molecule has 0 saturated heterocycles. The maximum Gasteiger partial charge on any atom is 0.255 e. The molecule has 102 valence electrons. The summed E-state index contributed by atoms with van der Waals surface area (Å²) in [5, 5.41) is 2.88. The number of nitrogens with zero attached hydrogens (tertiary/aromatic N) is 3. The summed E-state index contributed by atoms with van der Waals surface area (Å²) in [7, 11) is 0. The van der Waals surface area contributed by atoms with Gasteiger partial charge in [0, 0.05) is 24.2 Å². The summed E-state index contributed by atoms with van der Waals surface area (Å²) < 4.78 is 1.85. The number of anilines is 1. The third kappa shape index (κ3) is 2.02. The van der Waals surface area contributed by atoms with Gasteiger partial charge in [-0.15, -0.1) is 0 Å². The molecule has 0 aliphatic carbocycles. The minimum absolute atomic E-state index is 0.161. The maximum atomic E-state index is 12.3. The Hall–Kier alpha value is -3.15. The molecule has 2 N–H and O–H groups in total. The third-order valence-electron chi connectivity index (χ3n) is 3.33. The van der Waals surface area contributed by atoms with Gasteiger partial charge in [0.25, 0.3) is 5.91 Å². The number of benzene rings is 1. The van der Waals surface area contributed by atoms with Crippen LogP contribution < -0.4 is 5.32 Å². The smallest absolute Gasteiger partial charge is 0.255 e. The Morgan fingerprint density at radius 1 is 1.19 bits per heavy atom. The maximum absolute atomic E-state index is 12.3. The van der Waals surface area contributed by atoms with Gasteiger partial charge in [-0.25, -0.2) is 9.97 Å². The van der Waals surface area contributed by atoms with Gasteiger partial charge in [-0.2, -0.15) is 0 Å². The lowest BCUT2D eigenvalue weighted by Crippen LogP contribution is -2.12. The Morgan fingerprint density at radius 3 is 3.10 bits per heavy atom. The number of H-pyrrole nitrogens is 1. The van der Waals surface area contributed by atoms with Gasteiger partial charge in [0.15, 0.2) is 0 Å². The van der Waals surface area contributed by atoms with Crippen molar-refractivity contribution in [1.29, 1.82) is 0 Å². The van der Waals surface area contributed by atoms with Crippen LogP contribution in [-0.4, -0.2) is 25.3 Å². The van der Waals surface area contributed by atoms with Gasteiger partial charge in [0.1, 0.15) is 5.65 Å². The molecule has 0 atom stereocenters. The zero-order chi connectivity index (χ0) is 14.2. The Morgan fingerprint density at radius 2 is 2.14 bits per heavy atom. The molecule has 4 rings (SSSR count). The highest BCUT2D eigenvalue weighted by Crippen LogP contribution is 2.15. The third-order valence-corrected chi connectivity index (χ3v) is 3.33. The molecule has 0 spiro atoms. The fourth-order valence-corrected chi connectivity index (χ4v) is 2.27. The van der Waals surface area contributed by atoms with E-state index in [0.717, 1.165) is 22.4 Å². The molecule has 0 unspecified atom stereocenters. The van der Waals surface area contributed by atoms with Crippen molar-refractivity contribution in [2.45, 2.75) is 0 Å². The summed E-state index contributed by atoms with van der Waals surface area (Å²) in [5.41, 5.74) is 3.82. The molecule has 4 aromatic rings. The number of amides is 1. The predicted molar refractivity (Wildman–Crippen MR) is 79.2 cm³/mol. The summed E-state index contributed by atoms with van der Waals surface area (Å²) in [6.07, 6.45) is 6.99. The molecule has 3 aromatic heterocycles. The second kappa shape index (κ2) is 4.45. The molecular formula is C15H11N5O. The number of pyridine rings is 1. The van der Waals surface area contributed by atoms with E-state index in [4.69, 9.17) is 0 Å². The van der Waals surface area contributed by atoms with Gasteiger partial charge in [0.05, 0.1) is 23.0 Å². The number of hydrogen-bond donors (Lipinski definition) is 2. The summed E-state index contributed by atoms with van der Waals surface area (Å²) in [6.45, 7) is 0. The number of carbonyl (C=O) groups excluding carboxylic acids is 1. The van der Waals surface area contributed by atoms with E-state index in [0.29, 0.717) is 5.56 Å². The Kier molecular flexibility index (Phi) is 2.47. The lowest BCUT2D eigenvalue weighted by molar-refractivity contribution is 0.102. The van der Waals surface area contributed by atoms with Crippen molar-refractivity contribution in [3.63, 3.8) is 0 Å². The summed E-state index contributed by atoms with van der Waals surface area (Å²) in [4.78, 5) is 23.6. The van der Waals surface area contributed by atoms with Crippen LogP contribution >= 0.6 is 0 Å². The van der Waals surface area contributed by atoms with Crippen molar-refractivity contribution in [2.75, 3.05) is 5.32 Å². The summed E-state index contributed by atoms with van der Waals surface area (Å²) in [6, 6.07) is 9.05. The van der Waals surface area contributed by atoms with Crippen molar-refractivity contribution < 1.29 is 4.79 Å². The van der Waals surface area contributed by atoms with Crippen LogP contribution in [0, 0.1) is 0 Å². The standard InChI is InChI=1S/C15H11N5O/c21-15(10-1-3-12-13(7-10)18-9-17-12)19-11-2-4-14-16-5-6-20(14)8-11/h1-9H,(H,17,18)(H,19,21). The quantitative estimate of drug-likeness (QED) is 0.591. The van der Waals surface area contributed by atoms with Crippen molar-refractivity contribution >= 4 is 28.3 Å². The number of hydrogen-bond acceptors (Lipinski definition) is 3. The number of carbonyl (C=O) groups is 1. The molecule has 0 saturated carbocycles. The molecule has 3 heterocycles. The second-order valence-corrected chi connectivity index (χ2v) is 4.70. The van der Waals surface area contributed by atoms with E-state index in [2.05, 4.69) is 20.3 Å². The minimum Gasteiger partial charge on any atom is -0.345 e. The predicted octanol–water partition coefficient (Wildman–Crippen LogP) is 2.46. The number of nitrogens with one attached hydrogen (secondary N) is 2. The molecule has 1 aromatic carbocycles. The van der Waals surface area contributed by atoms with Crippen LogP contribution in [0.3, 0.4) is 0 Å². The first-order valence-corrected chi connectivity index (χ1v) is 6.47. The first-order valence-electron chi connectivity index (χ1n) is 6.47. The van der Waals surface area contributed by atoms with Crippen molar-refractivity contribution in [3.8, 4) is 0 Å². The first-order chi connectivity index (χ1) is 10.3. The van der Waals surface area contributed by atoms with Crippen LogP contribution in [0.25, 0.3) is 16.7 Å². The highest BCUT2D eigenvalue weighted by Gasteiger charge is 2.08. The molecule has 0 bridgehead atoms. The molecule has 6 nitrogen and oxygen atoms in total. The summed E-state index contributed by atoms with van der Waals surface area (Å²) >= 11 is 0. The molecule has 0 aliphatic rings. The number of imidazole rings is 2. The Bertz CT molecular complexity index is 953. The lowest BCUT2D eigenvalue weighted by Gasteiger charge is -2.06. The largest absolute Gasteiger partial charge is 0.345 e. The number of aromatic nitrogens is 4. The van der Waals surface area contributed by atoms with Gasteiger partial charge in [0.2, 0.25) is 0 Å². The van der Waals surface area contributed by atoms with Gasteiger partial charge in [-0.1, -0.05) is 0 Å². The van der Waals surface area contributed by atoms with E-state index in [1.165, 1.54) is 0 Å². The average molecular weight is 277 g/mol. The van der Waals surface area contributed by atoms with Crippen LogP contribution in [0.15, 0.2) is 55.2 Å². The molecule has 6 heteroatoms. The van der Waals surface area contributed by atoms with Gasteiger partial charge >= 0.3 is 0 Å². The topological polar surface area (TPSA) is 75.1 Å². The molecular weight excluding hydrogens is 266 g/mol. The average Bonchev–Trinajstić information content (AvgIpc) is 3.14. The Balaban J connectivity index is 1.64. The monoisotopic (exact) mass is 277 g/mol. The molecule has 21 heavy (non-hydrogen) atoms. The zero-order valence-electron chi connectivity index (χ0n) is 10.9. The fourth-order valence-electron chi connectivity index (χ4n) is 2.27. The van der Waals surface area contributed by atoms with Crippen LogP contribution in [0.2, 0.25) is 0 Å². The summed E-state index contributed by atoms with van der Waals surface area (Å²) in [5.74, 6) is -0.161. The van der Waals surface area contributed by atoms with Gasteiger partial charge in [-0.05, 0) is 30.3 Å². The van der Waals surface area contributed by atoms with Crippen molar-refractivity contribution in [2.24, 2.45) is 0 Å². The van der Waals surface area contributed by atoms with Crippen LogP contribution in [0.5, 0.6) is 0 Å². The highest BCUT2D eigenvalue weighted by atomic mass is 16.1. The number of rotatable bonds is 2. The minimum atomic E-state index is -0.161. The fraction of sp³-hybridized carbons (Fsp3) is 0. The van der Waals surface area contributed by atoms with Crippen molar-refractivity contribution in [1.82, 2.24) is 19.4 Å². The van der Waals surface area contributed by atoms with E-state index >= 15 is 0 Å². The van der Waals surface area contributed by atoms with E-state index in [1.54, 1.807) is 24.7 Å². The van der Waals surface area contributed by atoms with Crippen LogP contribution in [0.1, 0.15) is 10.4 Å².